The highest BCUT2D eigenvalue weighted by molar-refractivity contribution is 5.32. The number of aryl methyl sites for hydroxylation is 2. The van der Waals surface area contributed by atoms with Crippen molar-refractivity contribution >= 4 is 0 Å². The van der Waals surface area contributed by atoms with Crippen molar-refractivity contribution in [3.8, 4) is 6.07 Å². The van der Waals surface area contributed by atoms with Crippen LogP contribution in [0.3, 0.4) is 0 Å². The third-order valence-corrected chi connectivity index (χ3v) is 2.48. The van der Waals surface area contributed by atoms with Gasteiger partial charge in [-0.1, -0.05) is 0 Å². The van der Waals surface area contributed by atoms with E-state index >= 15 is 0 Å². The van der Waals surface area contributed by atoms with Gasteiger partial charge in [0.2, 0.25) is 0 Å². The summed E-state index contributed by atoms with van der Waals surface area (Å²) in [6, 6.07) is 2.30. The molecule has 1 unspecified atom stereocenters. The summed E-state index contributed by atoms with van der Waals surface area (Å²) in [6.07, 6.45) is 0. The molecule has 1 rings (SSSR count). The molecule has 1 aromatic rings. The Balaban J connectivity index is 3.08. The molecule has 1 aromatic heterocycles. The number of hydrogen-bond donors (Lipinski definition) is 1. The highest BCUT2D eigenvalue weighted by Crippen LogP contribution is 2.20. The molecule has 1 atom stereocenters. The zero-order valence-electron chi connectivity index (χ0n) is 10.00. The Kier molecular flexibility index (Phi) is 3.48. The fraction of sp³-hybridized carbons (Fsp3) is 0.636. The van der Waals surface area contributed by atoms with Crippen LogP contribution >= 0.6 is 0 Å². The first-order valence-electron chi connectivity index (χ1n) is 5.13. The predicted molar refractivity (Wildman–Crippen MR) is 59.3 cm³/mol. The number of nitriles is 1. The summed E-state index contributed by atoms with van der Waals surface area (Å²) in [4.78, 5) is 0. The number of nitrogens with one attached hydrogen (secondary N) is 1. The summed E-state index contributed by atoms with van der Waals surface area (Å²) >= 11 is 0. The molecule has 4 heteroatoms. The molecule has 15 heavy (non-hydrogen) atoms. The van der Waals surface area contributed by atoms with Gasteiger partial charge >= 0.3 is 0 Å². The maximum absolute atomic E-state index is 9.14. The Morgan fingerprint density at radius 1 is 1.40 bits per heavy atom. The average Bonchev–Trinajstić information content (AvgIpc) is 2.38. The van der Waals surface area contributed by atoms with Gasteiger partial charge in [0.15, 0.2) is 0 Å². The van der Waals surface area contributed by atoms with Gasteiger partial charge in [0.05, 0.1) is 11.8 Å². The fourth-order valence-corrected chi connectivity index (χ4v) is 1.73. The first kappa shape index (κ1) is 11.7. The molecule has 4 nitrogen and oxygen atoms in total. The minimum Gasteiger partial charge on any atom is -0.296 e. The van der Waals surface area contributed by atoms with Gasteiger partial charge in [0.25, 0.3) is 0 Å². The van der Waals surface area contributed by atoms with Crippen LogP contribution in [0.1, 0.15) is 36.8 Å². The monoisotopic (exact) mass is 206 g/mol. The SMILES string of the molecule is Cc1nn(C)c(C)c1C(C#N)NC(C)C. The topological polar surface area (TPSA) is 53.6 Å². The van der Waals surface area contributed by atoms with Crippen molar-refractivity contribution in [1.29, 1.82) is 5.26 Å². The molecule has 0 amide bonds. The fourth-order valence-electron chi connectivity index (χ4n) is 1.73. The number of nitrogens with zero attached hydrogens (tertiary/aromatic N) is 3. The van der Waals surface area contributed by atoms with Crippen LogP contribution in [0.25, 0.3) is 0 Å². The minimum absolute atomic E-state index is 0.265. The van der Waals surface area contributed by atoms with Crippen molar-refractivity contribution in [3.63, 3.8) is 0 Å². The van der Waals surface area contributed by atoms with Gasteiger partial charge in [0, 0.05) is 24.3 Å². The first-order valence-corrected chi connectivity index (χ1v) is 5.13. The highest BCUT2D eigenvalue weighted by atomic mass is 15.3. The minimum atomic E-state index is -0.265. The zero-order valence-corrected chi connectivity index (χ0v) is 10.00. The molecule has 0 bridgehead atoms. The second kappa shape index (κ2) is 4.45. The van der Waals surface area contributed by atoms with E-state index in [1.54, 1.807) is 0 Å². The van der Waals surface area contributed by atoms with E-state index in [4.69, 9.17) is 5.26 Å². The Hall–Kier alpha value is -1.34. The van der Waals surface area contributed by atoms with Gasteiger partial charge in [0.1, 0.15) is 6.04 Å². The smallest absolute Gasteiger partial charge is 0.125 e. The lowest BCUT2D eigenvalue weighted by Crippen LogP contribution is -2.27. The molecule has 0 spiro atoms. The summed E-state index contributed by atoms with van der Waals surface area (Å²) in [5.41, 5.74) is 2.98. The van der Waals surface area contributed by atoms with Crippen LogP contribution in [0, 0.1) is 25.2 Å². The number of rotatable bonds is 3. The highest BCUT2D eigenvalue weighted by Gasteiger charge is 2.19. The molecule has 0 fully saturated rings. The Labute approximate surface area is 90.9 Å². The van der Waals surface area contributed by atoms with Gasteiger partial charge in [-0.2, -0.15) is 10.4 Å². The molecule has 0 saturated heterocycles. The van der Waals surface area contributed by atoms with Crippen LogP contribution in [0.4, 0.5) is 0 Å². The van der Waals surface area contributed by atoms with Gasteiger partial charge in [-0.05, 0) is 27.7 Å². The second-order valence-electron chi connectivity index (χ2n) is 4.09. The van der Waals surface area contributed by atoms with E-state index in [1.165, 1.54) is 0 Å². The lowest BCUT2D eigenvalue weighted by atomic mass is 10.1. The molecular weight excluding hydrogens is 188 g/mol. The van der Waals surface area contributed by atoms with E-state index in [2.05, 4.69) is 16.5 Å². The van der Waals surface area contributed by atoms with Gasteiger partial charge in [-0.15, -0.1) is 0 Å². The van der Waals surface area contributed by atoms with Crippen molar-refractivity contribution in [2.75, 3.05) is 0 Å². The van der Waals surface area contributed by atoms with Crippen LogP contribution in [0.15, 0.2) is 0 Å². The van der Waals surface area contributed by atoms with Crippen molar-refractivity contribution in [1.82, 2.24) is 15.1 Å². The van der Waals surface area contributed by atoms with Gasteiger partial charge in [-0.25, -0.2) is 0 Å². The van der Waals surface area contributed by atoms with Crippen LogP contribution in [0.5, 0.6) is 0 Å². The van der Waals surface area contributed by atoms with E-state index < -0.39 is 0 Å². The lowest BCUT2D eigenvalue weighted by Gasteiger charge is -2.15. The molecule has 0 aromatic carbocycles. The third kappa shape index (κ3) is 2.37. The molecular formula is C11H18N4. The standard InChI is InChI=1S/C11H18N4/c1-7(2)13-10(6-12)11-8(3)14-15(5)9(11)4/h7,10,13H,1-5H3. The molecule has 0 saturated carbocycles. The van der Waals surface area contributed by atoms with E-state index in [1.807, 2.05) is 39.4 Å². The van der Waals surface area contributed by atoms with Crippen molar-refractivity contribution in [3.05, 3.63) is 17.0 Å². The van der Waals surface area contributed by atoms with Crippen LogP contribution in [0.2, 0.25) is 0 Å². The zero-order chi connectivity index (χ0) is 11.6. The quantitative estimate of drug-likeness (QED) is 0.817. The Morgan fingerprint density at radius 2 is 2.00 bits per heavy atom. The molecule has 0 aliphatic carbocycles. The number of hydrogen-bond acceptors (Lipinski definition) is 3. The molecule has 1 heterocycles. The van der Waals surface area contributed by atoms with Crippen LogP contribution in [-0.4, -0.2) is 15.8 Å². The van der Waals surface area contributed by atoms with E-state index in [0.717, 1.165) is 17.0 Å². The van der Waals surface area contributed by atoms with Crippen molar-refractivity contribution in [2.45, 2.75) is 39.8 Å². The Bertz CT molecular complexity index is 384. The molecule has 82 valence electrons. The largest absolute Gasteiger partial charge is 0.296 e. The summed E-state index contributed by atoms with van der Waals surface area (Å²) in [6.45, 7) is 7.99. The average molecular weight is 206 g/mol. The van der Waals surface area contributed by atoms with Gasteiger partial charge < -0.3 is 0 Å². The maximum Gasteiger partial charge on any atom is 0.125 e. The van der Waals surface area contributed by atoms with Crippen molar-refractivity contribution in [2.24, 2.45) is 7.05 Å². The maximum atomic E-state index is 9.14. The van der Waals surface area contributed by atoms with Crippen molar-refractivity contribution < 1.29 is 0 Å². The van der Waals surface area contributed by atoms with E-state index in [-0.39, 0.29) is 12.1 Å². The molecule has 1 N–H and O–H groups in total. The number of aromatic nitrogens is 2. The third-order valence-electron chi connectivity index (χ3n) is 2.48. The van der Waals surface area contributed by atoms with E-state index in [9.17, 15) is 0 Å². The Morgan fingerprint density at radius 3 is 2.33 bits per heavy atom. The summed E-state index contributed by atoms with van der Waals surface area (Å²) < 4.78 is 1.82. The first-order chi connectivity index (χ1) is 6.97. The van der Waals surface area contributed by atoms with E-state index in [0.29, 0.717) is 0 Å². The summed E-state index contributed by atoms with van der Waals surface area (Å²) in [5, 5.41) is 16.7. The normalized spacial score (nSPS) is 12.9. The summed E-state index contributed by atoms with van der Waals surface area (Å²) in [5.74, 6) is 0. The summed E-state index contributed by atoms with van der Waals surface area (Å²) in [7, 11) is 1.90. The van der Waals surface area contributed by atoms with Crippen LogP contribution < -0.4 is 5.32 Å². The predicted octanol–water partition coefficient (Wildman–Crippen LogP) is 1.60. The van der Waals surface area contributed by atoms with Crippen LogP contribution in [-0.2, 0) is 7.05 Å². The molecule has 0 aliphatic rings. The molecule has 0 aliphatic heterocycles. The lowest BCUT2D eigenvalue weighted by molar-refractivity contribution is 0.542. The molecule has 0 radical (unpaired) electrons. The second-order valence-corrected chi connectivity index (χ2v) is 4.09. The van der Waals surface area contributed by atoms with Gasteiger partial charge in [-0.3, -0.25) is 10.00 Å².